The second-order valence-electron chi connectivity index (χ2n) is 4.02. The van der Waals surface area contributed by atoms with Crippen LogP contribution in [0.2, 0.25) is 0 Å². The Morgan fingerprint density at radius 2 is 1.81 bits per heavy atom. The van der Waals surface area contributed by atoms with E-state index in [0.29, 0.717) is 0 Å². The molecule has 9 heteroatoms. The SMILES string of the molecule is COc1cc(C(=O)NC(CO)CO)c([N+](=O)[O-])cc1OC. The number of carbonyl (C=O) groups excluding carboxylic acids is 1. The summed E-state index contributed by atoms with van der Waals surface area (Å²) in [5, 5.41) is 31.2. The van der Waals surface area contributed by atoms with E-state index in [-0.39, 0.29) is 17.1 Å². The highest BCUT2D eigenvalue weighted by Gasteiger charge is 2.25. The molecule has 0 aliphatic carbocycles. The number of carbonyl (C=O) groups is 1. The van der Waals surface area contributed by atoms with Gasteiger partial charge in [0.25, 0.3) is 11.6 Å². The van der Waals surface area contributed by atoms with Gasteiger partial charge in [-0.15, -0.1) is 0 Å². The van der Waals surface area contributed by atoms with Crippen molar-refractivity contribution in [2.75, 3.05) is 27.4 Å². The Morgan fingerprint density at radius 1 is 1.29 bits per heavy atom. The molecule has 0 aliphatic heterocycles. The minimum absolute atomic E-state index is 0.113. The molecule has 116 valence electrons. The van der Waals surface area contributed by atoms with Crippen molar-refractivity contribution >= 4 is 11.6 Å². The van der Waals surface area contributed by atoms with Gasteiger partial charge in [0.15, 0.2) is 11.5 Å². The zero-order chi connectivity index (χ0) is 16.0. The Kier molecular flexibility index (Phi) is 5.88. The van der Waals surface area contributed by atoms with E-state index >= 15 is 0 Å². The molecule has 3 N–H and O–H groups in total. The fourth-order valence-corrected chi connectivity index (χ4v) is 1.61. The van der Waals surface area contributed by atoms with Gasteiger partial charge in [0.2, 0.25) is 0 Å². The van der Waals surface area contributed by atoms with E-state index in [1.165, 1.54) is 14.2 Å². The van der Waals surface area contributed by atoms with Gasteiger partial charge in [-0.05, 0) is 0 Å². The van der Waals surface area contributed by atoms with Gasteiger partial charge in [0.1, 0.15) is 5.56 Å². The van der Waals surface area contributed by atoms with Crippen LogP contribution in [0, 0.1) is 10.1 Å². The molecule has 0 aromatic heterocycles. The minimum atomic E-state index is -0.912. The summed E-state index contributed by atoms with van der Waals surface area (Å²) >= 11 is 0. The lowest BCUT2D eigenvalue weighted by Crippen LogP contribution is -2.40. The van der Waals surface area contributed by atoms with Crippen molar-refractivity contribution in [2.24, 2.45) is 0 Å². The maximum atomic E-state index is 12.0. The highest BCUT2D eigenvalue weighted by Crippen LogP contribution is 2.34. The summed E-state index contributed by atoms with van der Waals surface area (Å²) in [5.41, 5.74) is -0.732. The number of aliphatic hydroxyl groups excluding tert-OH is 2. The number of rotatable bonds is 7. The van der Waals surface area contributed by atoms with Crippen molar-refractivity contribution in [2.45, 2.75) is 6.04 Å². The summed E-state index contributed by atoms with van der Waals surface area (Å²) in [5.74, 6) is -0.546. The normalized spacial score (nSPS) is 10.3. The van der Waals surface area contributed by atoms with Crippen molar-refractivity contribution in [3.8, 4) is 11.5 Å². The molecule has 0 bridgehead atoms. The maximum Gasteiger partial charge on any atom is 0.286 e. The van der Waals surface area contributed by atoms with Crippen LogP contribution in [-0.2, 0) is 0 Å². The monoisotopic (exact) mass is 300 g/mol. The largest absolute Gasteiger partial charge is 0.493 e. The first-order valence-electron chi connectivity index (χ1n) is 5.91. The molecule has 1 rings (SSSR count). The van der Waals surface area contributed by atoms with E-state index < -0.39 is 35.8 Å². The zero-order valence-corrected chi connectivity index (χ0v) is 11.5. The van der Waals surface area contributed by atoms with Crippen LogP contribution in [-0.4, -0.2) is 54.5 Å². The van der Waals surface area contributed by atoms with Gasteiger partial charge in [-0.3, -0.25) is 14.9 Å². The number of methoxy groups -OCH3 is 2. The topological polar surface area (TPSA) is 131 Å². The number of nitrogens with one attached hydrogen (secondary N) is 1. The molecular weight excluding hydrogens is 284 g/mol. The Morgan fingerprint density at radius 3 is 2.24 bits per heavy atom. The molecule has 0 heterocycles. The van der Waals surface area contributed by atoms with E-state index in [1.807, 2.05) is 0 Å². The third kappa shape index (κ3) is 3.80. The summed E-state index contributed by atoms with van der Waals surface area (Å²) in [7, 11) is 2.64. The summed E-state index contributed by atoms with van der Waals surface area (Å²) in [4.78, 5) is 22.3. The van der Waals surface area contributed by atoms with Gasteiger partial charge >= 0.3 is 0 Å². The van der Waals surface area contributed by atoms with Gasteiger partial charge in [-0.25, -0.2) is 0 Å². The smallest absolute Gasteiger partial charge is 0.286 e. The first-order valence-corrected chi connectivity index (χ1v) is 5.91. The van der Waals surface area contributed by atoms with Crippen LogP contribution in [0.1, 0.15) is 10.4 Å². The van der Waals surface area contributed by atoms with E-state index in [1.54, 1.807) is 0 Å². The molecule has 1 aromatic rings. The lowest BCUT2D eigenvalue weighted by Gasteiger charge is -2.14. The highest BCUT2D eigenvalue weighted by atomic mass is 16.6. The Bertz CT molecular complexity index is 529. The van der Waals surface area contributed by atoms with Crippen molar-refractivity contribution in [3.05, 3.63) is 27.8 Å². The Labute approximate surface area is 120 Å². The molecule has 0 fully saturated rings. The molecule has 0 aliphatic rings. The fourth-order valence-electron chi connectivity index (χ4n) is 1.61. The number of ether oxygens (including phenoxy) is 2. The summed E-state index contributed by atoms with van der Waals surface area (Å²) in [6.45, 7) is -0.993. The van der Waals surface area contributed by atoms with Gasteiger partial charge in [-0.2, -0.15) is 0 Å². The number of hydrogen-bond donors (Lipinski definition) is 3. The Balaban J connectivity index is 3.26. The van der Waals surface area contributed by atoms with E-state index in [2.05, 4.69) is 5.32 Å². The highest BCUT2D eigenvalue weighted by molar-refractivity contribution is 5.99. The number of aliphatic hydroxyl groups is 2. The summed E-state index contributed by atoms with van der Waals surface area (Å²) < 4.78 is 9.94. The van der Waals surface area contributed by atoms with E-state index in [4.69, 9.17) is 19.7 Å². The summed E-state index contributed by atoms with van der Waals surface area (Å²) in [6.07, 6.45) is 0. The second-order valence-corrected chi connectivity index (χ2v) is 4.02. The first kappa shape index (κ1) is 16.7. The molecular formula is C12H16N2O7. The molecule has 0 spiro atoms. The zero-order valence-electron chi connectivity index (χ0n) is 11.5. The van der Waals surface area contributed by atoms with Crippen molar-refractivity contribution in [1.29, 1.82) is 0 Å². The molecule has 21 heavy (non-hydrogen) atoms. The number of hydrogen-bond acceptors (Lipinski definition) is 7. The van der Waals surface area contributed by atoms with Crippen molar-refractivity contribution in [3.63, 3.8) is 0 Å². The molecule has 0 atom stereocenters. The molecule has 1 amide bonds. The van der Waals surface area contributed by atoms with Crippen molar-refractivity contribution < 1.29 is 29.4 Å². The molecule has 1 aromatic carbocycles. The standard InChI is InChI=1S/C12H16N2O7/c1-20-10-3-8(12(17)13-7(5-15)6-16)9(14(18)19)4-11(10)21-2/h3-4,7,15-16H,5-6H2,1-2H3,(H,13,17). The maximum absolute atomic E-state index is 12.0. The van der Waals surface area contributed by atoms with Crippen LogP contribution < -0.4 is 14.8 Å². The third-order valence-electron chi connectivity index (χ3n) is 2.72. The quantitative estimate of drug-likeness (QED) is 0.465. The number of nitrogens with zero attached hydrogens (tertiary/aromatic N) is 1. The summed E-state index contributed by atoms with van der Waals surface area (Å²) in [6, 6.07) is 1.32. The molecule has 9 nitrogen and oxygen atoms in total. The number of nitro groups is 1. The van der Waals surface area contributed by atoms with Gasteiger partial charge in [0, 0.05) is 6.07 Å². The molecule has 0 saturated heterocycles. The fraction of sp³-hybridized carbons (Fsp3) is 0.417. The average molecular weight is 300 g/mol. The molecule has 0 unspecified atom stereocenters. The van der Waals surface area contributed by atoms with E-state index in [9.17, 15) is 14.9 Å². The minimum Gasteiger partial charge on any atom is -0.493 e. The first-order chi connectivity index (χ1) is 9.98. The van der Waals surface area contributed by atoms with Gasteiger partial charge in [-0.1, -0.05) is 0 Å². The van der Waals surface area contributed by atoms with Crippen LogP contribution in [0.25, 0.3) is 0 Å². The van der Waals surface area contributed by atoms with Gasteiger partial charge < -0.3 is 25.0 Å². The predicted octanol–water partition coefficient (Wildman–Crippen LogP) is -0.305. The van der Waals surface area contributed by atoms with Crippen LogP contribution in [0.5, 0.6) is 11.5 Å². The Hall–Kier alpha value is -2.39. The van der Waals surface area contributed by atoms with E-state index in [0.717, 1.165) is 12.1 Å². The second kappa shape index (κ2) is 7.41. The number of nitro benzene ring substituents is 1. The lowest BCUT2D eigenvalue weighted by atomic mass is 10.1. The van der Waals surface area contributed by atoms with Crippen molar-refractivity contribution in [1.82, 2.24) is 5.32 Å². The van der Waals surface area contributed by atoms with Crippen LogP contribution in [0.15, 0.2) is 12.1 Å². The van der Waals surface area contributed by atoms with Crippen LogP contribution in [0.3, 0.4) is 0 Å². The van der Waals surface area contributed by atoms with Gasteiger partial charge in [0.05, 0.1) is 44.5 Å². The van der Waals surface area contributed by atoms with Crippen LogP contribution >= 0.6 is 0 Å². The average Bonchev–Trinajstić information content (AvgIpc) is 2.50. The lowest BCUT2D eigenvalue weighted by molar-refractivity contribution is -0.385. The third-order valence-corrected chi connectivity index (χ3v) is 2.72. The molecule has 0 saturated carbocycles. The van der Waals surface area contributed by atoms with Crippen LogP contribution in [0.4, 0.5) is 5.69 Å². The molecule has 0 radical (unpaired) electrons. The number of amides is 1. The number of benzene rings is 1. The predicted molar refractivity (Wildman–Crippen MR) is 71.6 cm³/mol.